The quantitative estimate of drug-likeness (QED) is 0.573. The van der Waals surface area contributed by atoms with E-state index in [1.807, 2.05) is 4.90 Å². The maximum Gasteiger partial charge on any atom is 0.233 e. The van der Waals surface area contributed by atoms with Crippen LogP contribution in [-0.4, -0.2) is 64.7 Å². The van der Waals surface area contributed by atoms with Crippen LogP contribution in [-0.2, 0) is 4.79 Å². The van der Waals surface area contributed by atoms with Gasteiger partial charge in [-0.25, -0.2) is 9.97 Å². The fourth-order valence-electron chi connectivity index (χ4n) is 1.63. The topological polar surface area (TPSA) is 49.3 Å². The Balaban J connectivity index is 1.78. The molecule has 0 spiro atoms. The number of aromatic nitrogens is 2. The lowest BCUT2D eigenvalue weighted by Crippen LogP contribution is -2.47. The van der Waals surface area contributed by atoms with Gasteiger partial charge in [-0.1, -0.05) is 11.8 Å². The lowest BCUT2D eigenvalue weighted by atomic mass is 10.3. The summed E-state index contributed by atoms with van der Waals surface area (Å²) in [4.78, 5) is 24.2. The third-order valence-electron chi connectivity index (χ3n) is 2.72. The maximum atomic E-state index is 11.9. The smallest absolute Gasteiger partial charge is 0.233 e. The van der Waals surface area contributed by atoms with Gasteiger partial charge in [-0.3, -0.25) is 4.79 Å². The second kappa shape index (κ2) is 5.97. The molecular weight excluding hydrogens is 236 g/mol. The first-order valence-electron chi connectivity index (χ1n) is 5.62. The predicted octanol–water partition coefficient (Wildman–Crippen LogP) is 0.343. The van der Waals surface area contributed by atoms with E-state index in [1.165, 1.54) is 11.8 Å². The summed E-state index contributed by atoms with van der Waals surface area (Å²) in [5.74, 6) is 0.601. The molecule has 0 aromatic carbocycles. The highest BCUT2D eigenvalue weighted by Gasteiger charge is 2.18. The maximum absolute atomic E-state index is 11.9. The van der Waals surface area contributed by atoms with Gasteiger partial charge in [-0.2, -0.15) is 0 Å². The molecule has 1 aromatic heterocycles. The number of hydrogen-bond donors (Lipinski definition) is 0. The van der Waals surface area contributed by atoms with E-state index in [0.717, 1.165) is 26.2 Å². The Morgan fingerprint density at radius 2 is 1.94 bits per heavy atom. The van der Waals surface area contributed by atoms with Crippen LogP contribution in [0.5, 0.6) is 0 Å². The summed E-state index contributed by atoms with van der Waals surface area (Å²) in [7, 11) is 2.08. The van der Waals surface area contributed by atoms with E-state index in [-0.39, 0.29) is 5.91 Å². The molecule has 1 saturated heterocycles. The van der Waals surface area contributed by atoms with Gasteiger partial charge in [0, 0.05) is 38.6 Å². The Hall–Kier alpha value is -1.14. The Morgan fingerprint density at radius 3 is 2.59 bits per heavy atom. The van der Waals surface area contributed by atoms with Crippen LogP contribution in [0.1, 0.15) is 0 Å². The van der Waals surface area contributed by atoms with Gasteiger partial charge in [0.15, 0.2) is 5.16 Å². The fourth-order valence-corrected chi connectivity index (χ4v) is 2.34. The molecule has 1 aromatic rings. The average Bonchev–Trinajstić information content (AvgIpc) is 2.38. The van der Waals surface area contributed by atoms with Crippen molar-refractivity contribution in [3.05, 3.63) is 18.5 Å². The van der Waals surface area contributed by atoms with Crippen molar-refractivity contribution in [3.8, 4) is 0 Å². The van der Waals surface area contributed by atoms with E-state index in [1.54, 1.807) is 18.5 Å². The van der Waals surface area contributed by atoms with Crippen molar-refractivity contribution >= 4 is 17.7 Å². The zero-order chi connectivity index (χ0) is 12.1. The van der Waals surface area contributed by atoms with Crippen LogP contribution in [0.3, 0.4) is 0 Å². The van der Waals surface area contributed by atoms with E-state index in [9.17, 15) is 4.79 Å². The molecule has 17 heavy (non-hydrogen) atoms. The lowest BCUT2D eigenvalue weighted by Gasteiger charge is -2.32. The molecule has 0 N–H and O–H groups in total. The first-order valence-corrected chi connectivity index (χ1v) is 6.60. The van der Waals surface area contributed by atoms with Gasteiger partial charge < -0.3 is 9.80 Å². The van der Waals surface area contributed by atoms with Crippen molar-refractivity contribution in [2.24, 2.45) is 0 Å². The van der Waals surface area contributed by atoms with Gasteiger partial charge in [0.05, 0.1) is 5.75 Å². The van der Waals surface area contributed by atoms with Crippen LogP contribution in [0.4, 0.5) is 0 Å². The molecule has 2 heterocycles. The van der Waals surface area contributed by atoms with Gasteiger partial charge in [0.25, 0.3) is 0 Å². The van der Waals surface area contributed by atoms with Crippen molar-refractivity contribution in [2.45, 2.75) is 5.16 Å². The first-order chi connectivity index (χ1) is 8.25. The molecule has 0 atom stereocenters. The van der Waals surface area contributed by atoms with Crippen LogP contribution in [0.2, 0.25) is 0 Å². The summed E-state index contributed by atoms with van der Waals surface area (Å²) in [5, 5.41) is 0.662. The zero-order valence-corrected chi connectivity index (χ0v) is 10.7. The second-order valence-electron chi connectivity index (χ2n) is 4.00. The standard InChI is InChI=1S/C11H16N4OS/c1-14-5-7-15(8-6-14)10(16)9-17-11-12-3-2-4-13-11/h2-4H,5-9H2,1H3. The highest BCUT2D eigenvalue weighted by Crippen LogP contribution is 2.12. The molecular formula is C11H16N4OS. The number of carbonyl (C=O) groups is 1. The highest BCUT2D eigenvalue weighted by atomic mass is 32.2. The van der Waals surface area contributed by atoms with E-state index in [4.69, 9.17) is 0 Å². The predicted molar refractivity (Wildman–Crippen MR) is 66.8 cm³/mol. The van der Waals surface area contributed by atoms with Gasteiger partial charge in [0.2, 0.25) is 5.91 Å². The van der Waals surface area contributed by atoms with E-state index in [2.05, 4.69) is 21.9 Å². The largest absolute Gasteiger partial charge is 0.339 e. The molecule has 1 aliphatic heterocycles. The molecule has 2 rings (SSSR count). The van der Waals surface area contributed by atoms with Crippen molar-refractivity contribution in [1.82, 2.24) is 19.8 Å². The van der Waals surface area contributed by atoms with Crippen LogP contribution in [0, 0.1) is 0 Å². The normalized spacial score (nSPS) is 17.1. The summed E-state index contributed by atoms with van der Waals surface area (Å²) >= 11 is 1.40. The number of carbonyl (C=O) groups excluding carboxylic acids is 1. The Kier molecular flexibility index (Phi) is 4.33. The number of hydrogen-bond acceptors (Lipinski definition) is 5. The summed E-state index contributed by atoms with van der Waals surface area (Å²) in [6.45, 7) is 3.56. The van der Waals surface area contributed by atoms with Crippen molar-refractivity contribution in [2.75, 3.05) is 39.0 Å². The minimum absolute atomic E-state index is 0.176. The molecule has 0 saturated carbocycles. The van der Waals surface area contributed by atoms with Gasteiger partial charge in [0.1, 0.15) is 0 Å². The van der Waals surface area contributed by atoms with Crippen molar-refractivity contribution in [1.29, 1.82) is 0 Å². The summed E-state index contributed by atoms with van der Waals surface area (Å²) < 4.78 is 0. The molecule has 1 amide bonds. The number of rotatable bonds is 3. The third kappa shape index (κ3) is 3.67. The molecule has 1 fully saturated rings. The first kappa shape index (κ1) is 12.3. The number of likely N-dealkylation sites (N-methyl/N-ethyl adjacent to an activating group) is 1. The minimum Gasteiger partial charge on any atom is -0.339 e. The third-order valence-corrected chi connectivity index (χ3v) is 3.58. The molecule has 92 valence electrons. The summed E-state index contributed by atoms with van der Waals surface area (Å²) in [6, 6.07) is 1.77. The molecule has 6 heteroatoms. The highest BCUT2D eigenvalue weighted by molar-refractivity contribution is 7.99. The summed E-state index contributed by atoms with van der Waals surface area (Å²) in [5.41, 5.74) is 0. The van der Waals surface area contributed by atoms with E-state index in [0.29, 0.717) is 10.9 Å². The summed E-state index contributed by atoms with van der Waals surface area (Å²) in [6.07, 6.45) is 3.38. The Bertz CT molecular complexity index is 365. The Morgan fingerprint density at radius 1 is 1.29 bits per heavy atom. The molecule has 0 bridgehead atoms. The molecule has 1 aliphatic rings. The lowest BCUT2D eigenvalue weighted by molar-refractivity contribution is -0.129. The van der Waals surface area contributed by atoms with Gasteiger partial charge in [-0.15, -0.1) is 0 Å². The van der Waals surface area contributed by atoms with Crippen LogP contribution < -0.4 is 0 Å². The number of nitrogens with zero attached hydrogens (tertiary/aromatic N) is 4. The molecule has 0 unspecified atom stereocenters. The fraction of sp³-hybridized carbons (Fsp3) is 0.545. The van der Waals surface area contributed by atoms with Gasteiger partial charge >= 0.3 is 0 Å². The van der Waals surface area contributed by atoms with Gasteiger partial charge in [-0.05, 0) is 13.1 Å². The molecule has 0 aliphatic carbocycles. The average molecular weight is 252 g/mol. The number of piperazine rings is 1. The van der Waals surface area contributed by atoms with Crippen LogP contribution in [0.15, 0.2) is 23.6 Å². The zero-order valence-electron chi connectivity index (χ0n) is 9.87. The number of amides is 1. The monoisotopic (exact) mass is 252 g/mol. The van der Waals surface area contributed by atoms with E-state index < -0.39 is 0 Å². The second-order valence-corrected chi connectivity index (χ2v) is 4.95. The molecule has 0 radical (unpaired) electrons. The van der Waals surface area contributed by atoms with Crippen LogP contribution >= 0.6 is 11.8 Å². The number of thioether (sulfide) groups is 1. The van der Waals surface area contributed by atoms with Crippen molar-refractivity contribution < 1.29 is 4.79 Å². The van der Waals surface area contributed by atoms with Crippen molar-refractivity contribution in [3.63, 3.8) is 0 Å². The SMILES string of the molecule is CN1CCN(C(=O)CSc2ncccn2)CC1. The van der Waals surface area contributed by atoms with E-state index >= 15 is 0 Å². The minimum atomic E-state index is 0.176. The van der Waals surface area contributed by atoms with Crippen LogP contribution in [0.25, 0.3) is 0 Å². The molecule has 5 nitrogen and oxygen atoms in total. The Labute approximate surface area is 105 Å².